The zero-order valence-electron chi connectivity index (χ0n) is 25.9. The summed E-state index contributed by atoms with van der Waals surface area (Å²) in [5.41, 5.74) is 7.16. The lowest BCUT2D eigenvalue weighted by Crippen LogP contribution is -2.22. The molecule has 4 aromatic rings. The second-order valence-electron chi connectivity index (χ2n) is 12.9. The SMILES string of the molecule is COc1ccc(-c2ccc(-c3ccc(-c4ccc(OC)cc4)c4c3P(C(C)(C)C)CO4)c3c2OCP3C(C)(C)C)cc1. The average molecular weight is 599 g/mol. The Labute approximate surface area is 252 Å². The highest BCUT2D eigenvalue weighted by Crippen LogP contribution is 2.61. The second kappa shape index (κ2) is 10.9. The van der Waals surface area contributed by atoms with E-state index in [2.05, 4.69) is 90.1 Å². The van der Waals surface area contributed by atoms with Gasteiger partial charge in [-0.3, -0.25) is 0 Å². The smallest absolute Gasteiger partial charge is 0.136 e. The van der Waals surface area contributed by atoms with Crippen LogP contribution in [-0.4, -0.2) is 37.2 Å². The summed E-state index contributed by atoms with van der Waals surface area (Å²) in [6.45, 7) is 14.1. The van der Waals surface area contributed by atoms with Crippen molar-refractivity contribution >= 4 is 26.5 Å². The fourth-order valence-corrected chi connectivity index (χ4v) is 10.6. The molecule has 0 saturated heterocycles. The first-order valence-corrected chi connectivity index (χ1v) is 17.5. The second-order valence-corrected chi connectivity index (χ2v) is 18.7. The van der Waals surface area contributed by atoms with Gasteiger partial charge in [-0.1, -0.05) is 77.9 Å². The van der Waals surface area contributed by atoms with E-state index in [0.717, 1.165) is 57.9 Å². The van der Waals surface area contributed by atoms with Crippen LogP contribution in [0.15, 0.2) is 72.8 Å². The molecule has 0 aliphatic carbocycles. The molecule has 4 aromatic carbocycles. The fourth-order valence-electron chi connectivity index (χ4n) is 5.85. The number of rotatable bonds is 5. The first-order valence-electron chi connectivity index (χ1n) is 14.5. The first kappa shape index (κ1) is 29.0. The molecule has 0 spiro atoms. The Bertz CT molecular complexity index is 1490. The molecule has 0 bridgehead atoms. The van der Waals surface area contributed by atoms with Gasteiger partial charge in [-0.15, -0.1) is 0 Å². The van der Waals surface area contributed by atoms with Crippen molar-refractivity contribution < 1.29 is 18.9 Å². The molecule has 2 atom stereocenters. The number of ether oxygens (including phenoxy) is 4. The van der Waals surface area contributed by atoms with Gasteiger partial charge < -0.3 is 18.9 Å². The predicted octanol–water partition coefficient (Wildman–Crippen LogP) is 9.22. The maximum absolute atomic E-state index is 6.63. The van der Waals surface area contributed by atoms with Gasteiger partial charge >= 0.3 is 0 Å². The molecule has 2 unspecified atom stereocenters. The van der Waals surface area contributed by atoms with Crippen LogP contribution in [0.3, 0.4) is 0 Å². The maximum Gasteiger partial charge on any atom is 0.136 e. The van der Waals surface area contributed by atoms with Crippen molar-refractivity contribution in [3.63, 3.8) is 0 Å². The van der Waals surface area contributed by atoms with Crippen LogP contribution in [0.25, 0.3) is 33.4 Å². The third-order valence-corrected chi connectivity index (χ3v) is 14.2. The Balaban J connectivity index is 1.58. The fraction of sp³-hybridized carbons (Fsp3) is 0.333. The summed E-state index contributed by atoms with van der Waals surface area (Å²) >= 11 is 0. The highest BCUT2D eigenvalue weighted by atomic mass is 31.1. The van der Waals surface area contributed by atoms with Crippen molar-refractivity contribution in [3.05, 3.63) is 72.8 Å². The summed E-state index contributed by atoms with van der Waals surface area (Å²) < 4.78 is 24.1. The first-order chi connectivity index (χ1) is 20.0. The number of benzene rings is 4. The molecule has 4 nitrogen and oxygen atoms in total. The van der Waals surface area contributed by atoms with Crippen molar-refractivity contribution in [1.82, 2.24) is 0 Å². The Morgan fingerprint density at radius 2 is 0.833 bits per heavy atom. The predicted molar refractivity (Wildman–Crippen MR) is 179 cm³/mol. The van der Waals surface area contributed by atoms with Gasteiger partial charge in [0.25, 0.3) is 0 Å². The van der Waals surface area contributed by atoms with Gasteiger partial charge in [-0.2, -0.15) is 0 Å². The van der Waals surface area contributed by atoms with Crippen LogP contribution < -0.4 is 29.6 Å². The van der Waals surface area contributed by atoms with Gasteiger partial charge in [0.1, 0.15) is 35.7 Å². The standard InChI is InChI=1S/C36H40O4P2/c1-35(2,3)41-21-39-31-27(23-9-13-25(37-7)14-10-23)17-19-29(33(31)41)30-20-18-28(24-11-15-26(38-8)16-12-24)32-34(30)42(22-40-32)36(4,5)6/h9-20H,21-22H2,1-8H3. The van der Waals surface area contributed by atoms with E-state index in [-0.39, 0.29) is 10.3 Å². The third kappa shape index (κ3) is 5.08. The van der Waals surface area contributed by atoms with Crippen LogP contribution in [0, 0.1) is 0 Å². The molecular weight excluding hydrogens is 558 g/mol. The molecular formula is C36H40O4P2. The topological polar surface area (TPSA) is 36.9 Å². The number of methoxy groups -OCH3 is 2. The highest BCUT2D eigenvalue weighted by Gasteiger charge is 2.41. The van der Waals surface area contributed by atoms with Crippen LogP contribution in [0.5, 0.6) is 23.0 Å². The Kier molecular flexibility index (Phi) is 7.53. The van der Waals surface area contributed by atoms with Crippen molar-refractivity contribution in [1.29, 1.82) is 0 Å². The molecule has 0 fully saturated rings. The molecule has 0 saturated carbocycles. The summed E-state index contributed by atoms with van der Waals surface area (Å²) in [6, 6.07) is 25.8. The Hall–Kier alpha value is -3.06. The van der Waals surface area contributed by atoms with Crippen LogP contribution in [-0.2, 0) is 0 Å². The number of hydrogen-bond acceptors (Lipinski definition) is 4. The van der Waals surface area contributed by atoms with Gasteiger partial charge in [0.15, 0.2) is 0 Å². The summed E-state index contributed by atoms with van der Waals surface area (Å²) in [6.07, 6.45) is 1.48. The Morgan fingerprint density at radius 3 is 1.14 bits per heavy atom. The minimum absolute atomic E-state index is 0.103. The largest absolute Gasteiger partial charge is 0.497 e. The molecule has 6 rings (SSSR count). The molecule has 2 aliphatic rings. The molecule has 2 heterocycles. The molecule has 0 radical (unpaired) electrons. The van der Waals surface area contributed by atoms with Crippen molar-refractivity contribution in [3.8, 4) is 56.4 Å². The van der Waals surface area contributed by atoms with Gasteiger partial charge in [0.2, 0.25) is 0 Å². The summed E-state index contributed by atoms with van der Waals surface area (Å²) in [5.74, 6) is 3.78. The normalized spacial score (nSPS) is 17.7. The quantitative estimate of drug-likeness (QED) is 0.215. The van der Waals surface area contributed by atoms with Crippen molar-refractivity contribution in [2.45, 2.75) is 51.9 Å². The van der Waals surface area contributed by atoms with Gasteiger partial charge in [0, 0.05) is 21.7 Å². The molecule has 42 heavy (non-hydrogen) atoms. The van der Waals surface area contributed by atoms with Gasteiger partial charge in [-0.05, 0) is 84.8 Å². The molecule has 0 aromatic heterocycles. The van der Waals surface area contributed by atoms with Crippen LogP contribution in [0.2, 0.25) is 0 Å². The molecule has 218 valence electrons. The van der Waals surface area contributed by atoms with Crippen molar-refractivity contribution in [2.24, 2.45) is 0 Å². The van der Waals surface area contributed by atoms with Crippen LogP contribution in [0.4, 0.5) is 0 Å². The van der Waals surface area contributed by atoms with E-state index in [4.69, 9.17) is 18.9 Å². The average Bonchev–Trinajstić information content (AvgIpc) is 3.63. The lowest BCUT2D eigenvalue weighted by molar-refractivity contribution is 0.401. The third-order valence-electron chi connectivity index (χ3n) is 8.19. The summed E-state index contributed by atoms with van der Waals surface area (Å²) in [7, 11) is 2.28. The van der Waals surface area contributed by atoms with Crippen molar-refractivity contribution in [2.75, 3.05) is 26.9 Å². The zero-order chi connectivity index (χ0) is 29.8. The summed E-state index contributed by atoms with van der Waals surface area (Å²) in [5, 5.41) is 2.96. The highest BCUT2D eigenvalue weighted by molar-refractivity contribution is 7.68. The Morgan fingerprint density at radius 1 is 0.500 bits per heavy atom. The van der Waals surface area contributed by atoms with E-state index in [1.54, 1.807) is 14.2 Å². The zero-order valence-corrected chi connectivity index (χ0v) is 27.7. The monoisotopic (exact) mass is 598 g/mol. The number of hydrogen-bond donors (Lipinski definition) is 0. The van der Waals surface area contributed by atoms with Crippen LogP contribution in [0.1, 0.15) is 41.5 Å². The van der Waals surface area contributed by atoms with Gasteiger partial charge in [-0.25, -0.2) is 0 Å². The molecule has 0 amide bonds. The van der Waals surface area contributed by atoms with E-state index >= 15 is 0 Å². The molecule has 6 heteroatoms. The van der Waals surface area contributed by atoms with E-state index in [9.17, 15) is 0 Å². The molecule has 0 N–H and O–H groups in total. The minimum atomic E-state index is -0.563. The minimum Gasteiger partial charge on any atom is -0.497 e. The van der Waals surface area contributed by atoms with E-state index in [1.807, 2.05) is 24.3 Å². The van der Waals surface area contributed by atoms with Gasteiger partial charge in [0.05, 0.1) is 14.2 Å². The van der Waals surface area contributed by atoms with E-state index in [0.29, 0.717) is 0 Å². The molecule has 2 aliphatic heterocycles. The number of fused-ring (bicyclic) bond motifs is 2. The van der Waals surface area contributed by atoms with E-state index in [1.165, 1.54) is 21.7 Å². The maximum atomic E-state index is 6.63. The lowest BCUT2D eigenvalue weighted by atomic mass is 9.96. The lowest BCUT2D eigenvalue weighted by Gasteiger charge is -2.30. The van der Waals surface area contributed by atoms with E-state index < -0.39 is 15.8 Å². The summed E-state index contributed by atoms with van der Waals surface area (Å²) in [4.78, 5) is 0. The van der Waals surface area contributed by atoms with Crippen LogP contribution >= 0.6 is 15.8 Å².